The van der Waals surface area contributed by atoms with Crippen LogP contribution in [0.4, 0.5) is 0 Å². The van der Waals surface area contributed by atoms with Gasteiger partial charge in [0.15, 0.2) is 0 Å². The van der Waals surface area contributed by atoms with E-state index in [-0.39, 0.29) is 0 Å². The molecule has 2 N–H and O–H groups in total. The fourth-order valence-electron chi connectivity index (χ4n) is 1.78. The molecule has 102 valence electrons. The highest BCUT2D eigenvalue weighted by molar-refractivity contribution is 5.26. The Hall–Kier alpha value is -1.81. The number of rotatable bonds is 8. The molecule has 2 aromatic rings. The van der Waals surface area contributed by atoms with Crippen molar-refractivity contribution >= 4 is 0 Å². The van der Waals surface area contributed by atoms with Gasteiger partial charge in [0, 0.05) is 12.4 Å². The third-order valence-corrected chi connectivity index (χ3v) is 2.88. The fraction of sp³-hybridized carbons (Fsp3) is 0.400. The topological polar surface area (TPSA) is 49.9 Å². The van der Waals surface area contributed by atoms with E-state index in [4.69, 9.17) is 4.74 Å². The van der Waals surface area contributed by atoms with Gasteiger partial charge in [-0.3, -0.25) is 0 Å². The SMILES string of the molecule is Cc1ccc(OCCCCNCc2ncc[nH]2)cc1. The van der Waals surface area contributed by atoms with Gasteiger partial charge < -0.3 is 15.0 Å². The Balaban J connectivity index is 1.49. The van der Waals surface area contributed by atoms with Crippen molar-refractivity contribution in [3.8, 4) is 5.75 Å². The molecule has 19 heavy (non-hydrogen) atoms. The summed E-state index contributed by atoms with van der Waals surface area (Å²) < 4.78 is 5.67. The molecule has 0 spiro atoms. The second-order valence-corrected chi connectivity index (χ2v) is 4.58. The van der Waals surface area contributed by atoms with Crippen LogP contribution in [0.3, 0.4) is 0 Å². The third-order valence-electron chi connectivity index (χ3n) is 2.88. The molecule has 0 radical (unpaired) electrons. The van der Waals surface area contributed by atoms with E-state index < -0.39 is 0 Å². The molecule has 1 heterocycles. The molecule has 0 bridgehead atoms. The van der Waals surface area contributed by atoms with Gasteiger partial charge in [0.1, 0.15) is 11.6 Å². The number of nitrogens with zero attached hydrogens (tertiary/aromatic N) is 1. The van der Waals surface area contributed by atoms with Crippen molar-refractivity contribution in [3.63, 3.8) is 0 Å². The Morgan fingerprint density at radius 1 is 1.21 bits per heavy atom. The Morgan fingerprint density at radius 2 is 2.05 bits per heavy atom. The average Bonchev–Trinajstić information content (AvgIpc) is 2.93. The standard InChI is InChI=1S/C15H21N3O/c1-13-4-6-14(7-5-13)19-11-3-2-8-16-12-15-17-9-10-18-15/h4-7,9-10,16H,2-3,8,11-12H2,1H3,(H,17,18). The molecule has 0 unspecified atom stereocenters. The minimum atomic E-state index is 0.769. The highest BCUT2D eigenvalue weighted by Gasteiger charge is 1.95. The predicted molar refractivity (Wildman–Crippen MR) is 76.2 cm³/mol. The maximum Gasteiger partial charge on any atom is 0.120 e. The summed E-state index contributed by atoms with van der Waals surface area (Å²) in [7, 11) is 0. The van der Waals surface area contributed by atoms with Crippen LogP contribution in [-0.2, 0) is 6.54 Å². The number of benzene rings is 1. The molecule has 0 saturated heterocycles. The van der Waals surface area contributed by atoms with Crippen LogP contribution < -0.4 is 10.1 Å². The Kier molecular flexibility index (Phi) is 5.44. The summed E-state index contributed by atoms with van der Waals surface area (Å²) >= 11 is 0. The number of aryl methyl sites for hydroxylation is 1. The van der Waals surface area contributed by atoms with Crippen LogP contribution in [0.1, 0.15) is 24.2 Å². The smallest absolute Gasteiger partial charge is 0.120 e. The first-order valence-electron chi connectivity index (χ1n) is 6.73. The zero-order valence-electron chi connectivity index (χ0n) is 11.4. The second-order valence-electron chi connectivity index (χ2n) is 4.58. The van der Waals surface area contributed by atoms with Gasteiger partial charge >= 0.3 is 0 Å². The van der Waals surface area contributed by atoms with Gasteiger partial charge in [-0.2, -0.15) is 0 Å². The number of nitrogens with one attached hydrogen (secondary N) is 2. The van der Waals surface area contributed by atoms with E-state index >= 15 is 0 Å². The van der Waals surface area contributed by atoms with E-state index in [0.29, 0.717) is 0 Å². The molecular weight excluding hydrogens is 238 g/mol. The van der Waals surface area contributed by atoms with Gasteiger partial charge in [-0.25, -0.2) is 4.98 Å². The minimum Gasteiger partial charge on any atom is -0.494 e. The zero-order valence-corrected chi connectivity index (χ0v) is 11.4. The monoisotopic (exact) mass is 259 g/mol. The van der Waals surface area contributed by atoms with E-state index in [0.717, 1.165) is 44.1 Å². The number of imidazole rings is 1. The highest BCUT2D eigenvalue weighted by atomic mass is 16.5. The van der Waals surface area contributed by atoms with E-state index in [1.807, 2.05) is 18.3 Å². The number of hydrogen-bond acceptors (Lipinski definition) is 3. The molecule has 0 aliphatic heterocycles. The van der Waals surface area contributed by atoms with E-state index in [1.54, 1.807) is 6.20 Å². The van der Waals surface area contributed by atoms with Crippen molar-refractivity contribution in [3.05, 3.63) is 48.0 Å². The summed E-state index contributed by atoms with van der Waals surface area (Å²) in [5.74, 6) is 1.94. The summed E-state index contributed by atoms with van der Waals surface area (Å²) in [5.41, 5.74) is 1.26. The normalized spacial score (nSPS) is 10.6. The number of unbranched alkanes of at least 4 members (excludes halogenated alkanes) is 1. The summed E-state index contributed by atoms with van der Waals surface area (Å²) in [6, 6.07) is 8.18. The van der Waals surface area contributed by atoms with Gasteiger partial charge in [0.05, 0.1) is 13.2 Å². The number of aromatic amines is 1. The number of H-pyrrole nitrogens is 1. The molecule has 4 nitrogen and oxygen atoms in total. The molecule has 0 aliphatic rings. The lowest BCUT2D eigenvalue weighted by Gasteiger charge is -2.06. The summed E-state index contributed by atoms with van der Waals surface area (Å²) in [4.78, 5) is 7.22. The van der Waals surface area contributed by atoms with Crippen LogP contribution in [0.15, 0.2) is 36.7 Å². The van der Waals surface area contributed by atoms with Crippen molar-refractivity contribution in [2.24, 2.45) is 0 Å². The van der Waals surface area contributed by atoms with Crippen LogP contribution in [-0.4, -0.2) is 23.1 Å². The van der Waals surface area contributed by atoms with Gasteiger partial charge in [-0.15, -0.1) is 0 Å². The van der Waals surface area contributed by atoms with Crippen LogP contribution in [0.5, 0.6) is 5.75 Å². The molecular formula is C15H21N3O. The number of aromatic nitrogens is 2. The summed E-state index contributed by atoms with van der Waals surface area (Å²) in [6.45, 7) is 4.63. The van der Waals surface area contributed by atoms with Crippen molar-refractivity contribution < 1.29 is 4.74 Å². The molecule has 2 rings (SSSR count). The largest absolute Gasteiger partial charge is 0.494 e. The fourth-order valence-corrected chi connectivity index (χ4v) is 1.78. The van der Waals surface area contributed by atoms with Gasteiger partial charge in [-0.05, 0) is 38.4 Å². The second kappa shape index (κ2) is 7.59. The van der Waals surface area contributed by atoms with Crippen LogP contribution in [0.25, 0.3) is 0 Å². The number of hydrogen-bond donors (Lipinski definition) is 2. The first kappa shape index (κ1) is 13.6. The summed E-state index contributed by atoms with van der Waals surface area (Å²) in [5, 5.41) is 3.34. The van der Waals surface area contributed by atoms with Crippen LogP contribution in [0, 0.1) is 6.92 Å². The van der Waals surface area contributed by atoms with Gasteiger partial charge in [0.25, 0.3) is 0 Å². The lowest BCUT2D eigenvalue weighted by Crippen LogP contribution is -2.16. The van der Waals surface area contributed by atoms with Gasteiger partial charge in [0.2, 0.25) is 0 Å². The molecule has 0 atom stereocenters. The highest BCUT2D eigenvalue weighted by Crippen LogP contribution is 2.11. The third kappa shape index (κ3) is 5.14. The molecule has 0 amide bonds. The Morgan fingerprint density at radius 3 is 2.79 bits per heavy atom. The molecule has 0 aliphatic carbocycles. The first-order valence-corrected chi connectivity index (χ1v) is 6.73. The lowest BCUT2D eigenvalue weighted by molar-refractivity contribution is 0.305. The molecule has 1 aromatic carbocycles. The minimum absolute atomic E-state index is 0.769. The number of ether oxygens (including phenoxy) is 1. The van der Waals surface area contributed by atoms with Crippen molar-refractivity contribution in [1.29, 1.82) is 0 Å². The van der Waals surface area contributed by atoms with Crippen LogP contribution in [0.2, 0.25) is 0 Å². The Labute approximate surface area is 114 Å². The molecule has 0 fully saturated rings. The lowest BCUT2D eigenvalue weighted by atomic mass is 10.2. The maximum atomic E-state index is 5.67. The van der Waals surface area contributed by atoms with Gasteiger partial charge in [-0.1, -0.05) is 17.7 Å². The Bertz CT molecular complexity index is 451. The van der Waals surface area contributed by atoms with Crippen molar-refractivity contribution in [2.75, 3.05) is 13.2 Å². The summed E-state index contributed by atoms with van der Waals surface area (Å²) in [6.07, 6.45) is 5.77. The average molecular weight is 259 g/mol. The van der Waals surface area contributed by atoms with E-state index in [2.05, 4.69) is 34.3 Å². The molecule has 0 saturated carbocycles. The quantitative estimate of drug-likeness (QED) is 0.717. The maximum absolute atomic E-state index is 5.67. The van der Waals surface area contributed by atoms with E-state index in [9.17, 15) is 0 Å². The zero-order chi connectivity index (χ0) is 13.3. The van der Waals surface area contributed by atoms with Crippen LogP contribution >= 0.6 is 0 Å². The van der Waals surface area contributed by atoms with Crippen molar-refractivity contribution in [2.45, 2.75) is 26.3 Å². The molecule has 4 heteroatoms. The first-order chi connectivity index (χ1) is 9.34. The van der Waals surface area contributed by atoms with E-state index in [1.165, 1.54) is 5.56 Å². The molecule has 1 aromatic heterocycles. The predicted octanol–water partition coefficient (Wildman–Crippen LogP) is 2.67. The van der Waals surface area contributed by atoms with Crippen molar-refractivity contribution in [1.82, 2.24) is 15.3 Å².